The molecule has 30 heavy (non-hydrogen) atoms. The highest BCUT2D eigenvalue weighted by molar-refractivity contribution is 6.09. The molecule has 0 aromatic rings. The van der Waals surface area contributed by atoms with Gasteiger partial charge in [-0.05, 0) is 20.3 Å². The number of Topliss-reactive ketones (excluding diaryl/α,β-unsaturated/α-hetero) is 1. The highest BCUT2D eigenvalue weighted by Gasteiger charge is 2.41. The third-order valence-corrected chi connectivity index (χ3v) is 5.48. The SMILES string of the molecule is CCCCCCCCCCCCCCCCCC(=O)C(C)(O)C(=O)OC(=O)C(C)O. The molecule has 0 radical (unpaired) electrons. The van der Waals surface area contributed by atoms with E-state index in [2.05, 4.69) is 11.7 Å². The van der Waals surface area contributed by atoms with Gasteiger partial charge in [0.1, 0.15) is 6.10 Å². The molecule has 0 aliphatic heterocycles. The van der Waals surface area contributed by atoms with E-state index >= 15 is 0 Å². The summed E-state index contributed by atoms with van der Waals surface area (Å²) in [6.45, 7) is 4.41. The molecular weight excluding hydrogens is 384 g/mol. The van der Waals surface area contributed by atoms with Gasteiger partial charge in [0.05, 0.1) is 0 Å². The molecule has 6 heteroatoms. The van der Waals surface area contributed by atoms with Crippen LogP contribution in [-0.4, -0.2) is 39.6 Å². The lowest BCUT2D eigenvalue weighted by Crippen LogP contribution is -2.46. The van der Waals surface area contributed by atoms with Gasteiger partial charge < -0.3 is 14.9 Å². The Morgan fingerprint density at radius 1 is 0.767 bits per heavy atom. The molecule has 0 aromatic carbocycles. The van der Waals surface area contributed by atoms with Crippen molar-refractivity contribution in [2.45, 2.75) is 135 Å². The minimum atomic E-state index is -2.36. The van der Waals surface area contributed by atoms with Gasteiger partial charge >= 0.3 is 11.9 Å². The van der Waals surface area contributed by atoms with Crippen LogP contribution in [0.4, 0.5) is 0 Å². The number of esters is 2. The Balaban J connectivity index is 3.64. The average molecular weight is 429 g/mol. The van der Waals surface area contributed by atoms with Crippen LogP contribution in [0.2, 0.25) is 0 Å². The predicted molar refractivity (Wildman–Crippen MR) is 118 cm³/mol. The lowest BCUT2D eigenvalue weighted by Gasteiger charge is -2.19. The van der Waals surface area contributed by atoms with E-state index in [9.17, 15) is 19.5 Å². The second-order valence-corrected chi connectivity index (χ2v) is 8.58. The number of ether oxygens (including phenoxy) is 1. The fraction of sp³-hybridized carbons (Fsp3) is 0.875. The summed E-state index contributed by atoms with van der Waals surface area (Å²) >= 11 is 0. The van der Waals surface area contributed by atoms with Gasteiger partial charge in [-0.3, -0.25) is 4.79 Å². The smallest absolute Gasteiger partial charge is 0.353 e. The minimum Gasteiger partial charge on any atom is -0.389 e. The third-order valence-electron chi connectivity index (χ3n) is 5.48. The van der Waals surface area contributed by atoms with Crippen molar-refractivity contribution in [3.63, 3.8) is 0 Å². The van der Waals surface area contributed by atoms with Gasteiger partial charge in [-0.15, -0.1) is 0 Å². The number of hydrogen-bond donors (Lipinski definition) is 2. The van der Waals surface area contributed by atoms with Gasteiger partial charge in [-0.25, -0.2) is 9.59 Å². The fourth-order valence-electron chi connectivity index (χ4n) is 3.29. The van der Waals surface area contributed by atoms with Gasteiger partial charge in [-0.1, -0.05) is 96.8 Å². The average Bonchev–Trinajstić information content (AvgIpc) is 2.70. The Morgan fingerprint density at radius 3 is 1.50 bits per heavy atom. The summed E-state index contributed by atoms with van der Waals surface area (Å²) in [6, 6.07) is 0. The molecule has 0 bridgehead atoms. The molecule has 0 spiro atoms. The molecule has 0 aromatic heterocycles. The van der Waals surface area contributed by atoms with Gasteiger partial charge in [0.15, 0.2) is 5.78 Å². The lowest BCUT2D eigenvalue weighted by molar-refractivity contribution is -0.178. The van der Waals surface area contributed by atoms with Gasteiger partial charge in [0.2, 0.25) is 5.60 Å². The molecule has 0 amide bonds. The van der Waals surface area contributed by atoms with Crippen LogP contribution in [0.1, 0.15) is 124 Å². The first-order chi connectivity index (χ1) is 14.2. The van der Waals surface area contributed by atoms with Gasteiger partial charge in [-0.2, -0.15) is 0 Å². The summed E-state index contributed by atoms with van der Waals surface area (Å²) in [5, 5.41) is 19.1. The quantitative estimate of drug-likeness (QED) is 0.170. The Morgan fingerprint density at radius 2 is 1.13 bits per heavy atom. The van der Waals surface area contributed by atoms with Crippen LogP contribution in [0.15, 0.2) is 0 Å². The zero-order chi connectivity index (χ0) is 22.8. The van der Waals surface area contributed by atoms with Crippen LogP contribution in [-0.2, 0) is 19.1 Å². The number of carbonyl (C=O) groups is 3. The molecule has 0 aliphatic carbocycles. The molecule has 0 aliphatic rings. The van der Waals surface area contributed by atoms with E-state index in [0.29, 0.717) is 6.42 Å². The van der Waals surface area contributed by atoms with Gasteiger partial charge in [0, 0.05) is 6.42 Å². The Labute approximate surface area is 182 Å². The van der Waals surface area contributed by atoms with Crippen LogP contribution in [0, 0.1) is 0 Å². The van der Waals surface area contributed by atoms with Crippen molar-refractivity contribution >= 4 is 17.7 Å². The van der Waals surface area contributed by atoms with Crippen molar-refractivity contribution in [1.82, 2.24) is 0 Å². The molecule has 0 fully saturated rings. The summed E-state index contributed by atoms with van der Waals surface area (Å²) < 4.78 is 4.33. The topological polar surface area (TPSA) is 101 Å². The third kappa shape index (κ3) is 13.9. The van der Waals surface area contributed by atoms with Crippen molar-refractivity contribution < 1.29 is 29.3 Å². The number of unbranched alkanes of at least 4 members (excludes halogenated alkanes) is 14. The molecule has 0 heterocycles. The maximum absolute atomic E-state index is 12.1. The number of carbonyl (C=O) groups excluding carboxylic acids is 3. The summed E-state index contributed by atoms with van der Waals surface area (Å²) in [4.78, 5) is 35.0. The van der Waals surface area contributed by atoms with Crippen molar-refractivity contribution in [3.8, 4) is 0 Å². The number of hydrogen-bond acceptors (Lipinski definition) is 6. The molecule has 0 rings (SSSR count). The first-order valence-electron chi connectivity index (χ1n) is 11.9. The van der Waals surface area contributed by atoms with Crippen molar-refractivity contribution in [3.05, 3.63) is 0 Å². The van der Waals surface area contributed by atoms with E-state index in [0.717, 1.165) is 33.1 Å². The molecule has 2 unspecified atom stereocenters. The molecule has 0 saturated heterocycles. The maximum Gasteiger partial charge on any atom is 0.353 e. The highest BCUT2D eigenvalue weighted by atomic mass is 16.6. The summed E-state index contributed by atoms with van der Waals surface area (Å²) in [6.07, 6.45) is 16.8. The Kier molecular flexibility index (Phi) is 16.7. The first kappa shape index (κ1) is 28.7. The normalized spacial score (nSPS) is 14.2. The molecule has 0 saturated carbocycles. The summed E-state index contributed by atoms with van der Waals surface area (Å²) in [7, 11) is 0. The van der Waals surface area contributed by atoms with Gasteiger partial charge in [0.25, 0.3) is 0 Å². The van der Waals surface area contributed by atoms with Crippen LogP contribution in [0.3, 0.4) is 0 Å². The predicted octanol–water partition coefficient (Wildman–Crippen LogP) is 5.02. The molecular formula is C24H44O6. The lowest BCUT2D eigenvalue weighted by atomic mass is 9.96. The highest BCUT2D eigenvalue weighted by Crippen LogP contribution is 2.16. The standard InChI is InChI=1S/C24H44O6/c1-4-5-6-7-8-9-10-11-12-13-14-15-16-17-18-19-21(26)24(3,29)23(28)30-22(27)20(2)25/h20,25,29H,4-19H2,1-3H3. The monoisotopic (exact) mass is 428 g/mol. The van der Waals surface area contributed by atoms with E-state index in [1.165, 1.54) is 70.6 Å². The fourth-order valence-corrected chi connectivity index (χ4v) is 3.29. The van der Waals surface area contributed by atoms with E-state index < -0.39 is 29.4 Å². The second-order valence-electron chi connectivity index (χ2n) is 8.58. The summed E-state index contributed by atoms with van der Waals surface area (Å²) in [5.41, 5.74) is -2.36. The summed E-state index contributed by atoms with van der Waals surface area (Å²) in [5.74, 6) is -3.18. The minimum absolute atomic E-state index is 0.0588. The van der Waals surface area contributed by atoms with Crippen molar-refractivity contribution in [1.29, 1.82) is 0 Å². The molecule has 2 atom stereocenters. The first-order valence-corrected chi connectivity index (χ1v) is 11.9. The number of aliphatic hydroxyl groups excluding tert-OH is 1. The number of aliphatic hydroxyl groups is 2. The van der Waals surface area contributed by atoms with Crippen molar-refractivity contribution in [2.24, 2.45) is 0 Å². The number of ketones is 1. The van der Waals surface area contributed by atoms with Crippen LogP contribution < -0.4 is 0 Å². The van der Waals surface area contributed by atoms with E-state index in [1.807, 2.05) is 0 Å². The Bertz CT molecular complexity index is 484. The van der Waals surface area contributed by atoms with E-state index in [1.54, 1.807) is 0 Å². The van der Waals surface area contributed by atoms with Crippen LogP contribution >= 0.6 is 0 Å². The molecule has 176 valence electrons. The largest absolute Gasteiger partial charge is 0.389 e. The van der Waals surface area contributed by atoms with Crippen molar-refractivity contribution in [2.75, 3.05) is 0 Å². The van der Waals surface area contributed by atoms with E-state index in [-0.39, 0.29) is 6.42 Å². The zero-order valence-corrected chi connectivity index (χ0v) is 19.4. The number of rotatable bonds is 19. The second kappa shape index (κ2) is 17.4. The van der Waals surface area contributed by atoms with Crippen LogP contribution in [0.5, 0.6) is 0 Å². The zero-order valence-electron chi connectivity index (χ0n) is 19.4. The molecule has 2 N–H and O–H groups in total. The maximum atomic E-state index is 12.1. The Hall–Kier alpha value is -1.27. The van der Waals surface area contributed by atoms with Crippen LogP contribution in [0.25, 0.3) is 0 Å². The molecule has 6 nitrogen and oxygen atoms in total. The van der Waals surface area contributed by atoms with E-state index in [4.69, 9.17) is 5.11 Å².